The van der Waals surface area contributed by atoms with Crippen LogP contribution in [0.3, 0.4) is 0 Å². The number of hydrogen-bond acceptors (Lipinski definition) is 5. The van der Waals surface area contributed by atoms with Gasteiger partial charge in [-0.1, -0.05) is 17.7 Å². The van der Waals surface area contributed by atoms with Crippen LogP contribution in [0.15, 0.2) is 55.0 Å². The van der Waals surface area contributed by atoms with Gasteiger partial charge < -0.3 is 5.32 Å². The number of nitrogens with zero attached hydrogens (tertiary/aromatic N) is 4. The van der Waals surface area contributed by atoms with Gasteiger partial charge in [0.2, 0.25) is 5.91 Å². The fourth-order valence-corrected chi connectivity index (χ4v) is 3.27. The van der Waals surface area contributed by atoms with E-state index in [1.165, 1.54) is 0 Å². The van der Waals surface area contributed by atoms with Crippen molar-refractivity contribution >= 4 is 17.7 Å². The molecular formula is C21H19N5O3. The highest BCUT2D eigenvalue weighted by atomic mass is 16.2. The largest absolute Gasteiger partial charge is 0.352 e. The number of aromatic nitrogens is 3. The van der Waals surface area contributed by atoms with Gasteiger partial charge in [0.05, 0.1) is 11.1 Å². The molecule has 0 saturated carbocycles. The molecule has 4 rings (SSSR count). The number of amides is 3. The molecule has 0 bridgehead atoms. The third-order valence-electron chi connectivity index (χ3n) is 4.75. The molecule has 0 fully saturated rings. The second kappa shape index (κ2) is 7.67. The van der Waals surface area contributed by atoms with E-state index in [9.17, 15) is 14.4 Å². The van der Waals surface area contributed by atoms with E-state index in [2.05, 4.69) is 15.4 Å². The molecule has 146 valence electrons. The van der Waals surface area contributed by atoms with Crippen molar-refractivity contribution in [2.75, 3.05) is 6.54 Å². The summed E-state index contributed by atoms with van der Waals surface area (Å²) in [6, 6.07) is 10.6. The molecule has 3 amide bonds. The minimum Gasteiger partial charge on any atom is -0.352 e. The maximum absolute atomic E-state index is 12.5. The molecule has 8 nitrogen and oxygen atoms in total. The lowest BCUT2D eigenvalue weighted by Gasteiger charge is -2.14. The van der Waals surface area contributed by atoms with Crippen molar-refractivity contribution in [3.05, 3.63) is 77.2 Å². The molecule has 0 spiro atoms. The first kappa shape index (κ1) is 18.5. The van der Waals surface area contributed by atoms with E-state index in [4.69, 9.17) is 0 Å². The number of fused-ring (bicyclic) bond motifs is 1. The van der Waals surface area contributed by atoms with Gasteiger partial charge in [0, 0.05) is 43.7 Å². The van der Waals surface area contributed by atoms with E-state index >= 15 is 0 Å². The number of benzene rings is 1. The molecule has 29 heavy (non-hydrogen) atoms. The molecule has 0 atom stereocenters. The van der Waals surface area contributed by atoms with Crippen molar-refractivity contribution in [2.45, 2.75) is 19.9 Å². The standard InChI is InChI=1S/C21H19N5O3/c1-14-5-6-16-17(12-14)21(29)25(20(16)28)11-7-18(27)23-13-15-4-2-8-22-19(15)26-10-3-9-24-26/h2-6,8-10,12H,7,11,13H2,1H3,(H,23,27). The Hall–Kier alpha value is -3.81. The Morgan fingerprint density at radius 1 is 1.07 bits per heavy atom. The van der Waals surface area contributed by atoms with Crippen molar-refractivity contribution in [1.82, 2.24) is 25.0 Å². The molecule has 0 saturated heterocycles. The maximum atomic E-state index is 12.5. The van der Waals surface area contributed by atoms with Crippen LogP contribution in [0, 0.1) is 6.92 Å². The molecule has 1 aromatic carbocycles. The molecule has 1 aliphatic heterocycles. The molecule has 2 aromatic heterocycles. The molecule has 0 aliphatic carbocycles. The van der Waals surface area contributed by atoms with Crippen LogP contribution in [-0.2, 0) is 11.3 Å². The first-order valence-electron chi connectivity index (χ1n) is 9.22. The predicted molar refractivity (Wildman–Crippen MR) is 104 cm³/mol. The van der Waals surface area contributed by atoms with E-state index in [0.29, 0.717) is 16.9 Å². The van der Waals surface area contributed by atoms with Crippen LogP contribution in [0.5, 0.6) is 0 Å². The average molecular weight is 389 g/mol. The summed E-state index contributed by atoms with van der Waals surface area (Å²) >= 11 is 0. The Kier molecular flexibility index (Phi) is 4.90. The summed E-state index contributed by atoms with van der Waals surface area (Å²) in [7, 11) is 0. The van der Waals surface area contributed by atoms with Crippen LogP contribution in [0.1, 0.15) is 38.3 Å². The molecule has 1 N–H and O–H groups in total. The van der Waals surface area contributed by atoms with E-state index < -0.39 is 0 Å². The van der Waals surface area contributed by atoms with Gasteiger partial charge in [0.1, 0.15) is 0 Å². The number of hydrogen-bond donors (Lipinski definition) is 1. The lowest BCUT2D eigenvalue weighted by Crippen LogP contribution is -2.34. The van der Waals surface area contributed by atoms with Gasteiger partial charge in [-0.2, -0.15) is 5.10 Å². The summed E-state index contributed by atoms with van der Waals surface area (Å²) in [5.41, 5.74) is 2.50. The highest BCUT2D eigenvalue weighted by molar-refractivity contribution is 6.21. The summed E-state index contributed by atoms with van der Waals surface area (Å²) in [6.45, 7) is 2.17. The summed E-state index contributed by atoms with van der Waals surface area (Å²) < 4.78 is 1.63. The van der Waals surface area contributed by atoms with Crippen LogP contribution in [0.4, 0.5) is 0 Å². The van der Waals surface area contributed by atoms with E-state index in [1.807, 2.05) is 13.0 Å². The van der Waals surface area contributed by atoms with Crippen LogP contribution < -0.4 is 5.32 Å². The van der Waals surface area contributed by atoms with Crippen LogP contribution in [0.25, 0.3) is 5.82 Å². The second-order valence-corrected chi connectivity index (χ2v) is 6.77. The molecule has 3 aromatic rings. The Labute approximate surface area is 167 Å². The first-order chi connectivity index (χ1) is 14.0. The molecule has 8 heteroatoms. The third kappa shape index (κ3) is 3.64. The number of carbonyl (C=O) groups is 3. The van der Waals surface area contributed by atoms with Gasteiger partial charge in [0.25, 0.3) is 11.8 Å². The van der Waals surface area contributed by atoms with Crippen LogP contribution in [-0.4, -0.2) is 43.9 Å². The van der Waals surface area contributed by atoms with Crippen LogP contribution >= 0.6 is 0 Å². The van der Waals surface area contributed by atoms with Gasteiger partial charge in [-0.15, -0.1) is 0 Å². The van der Waals surface area contributed by atoms with Crippen LogP contribution in [0.2, 0.25) is 0 Å². The number of pyridine rings is 1. The van der Waals surface area contributed by atoms with Gasteiger partial charge in [-0.05, 0) is 31.2 Å². The summed E-state index contributed by atoms with van der Waals surface area (Å²) in [5, 5.41) is 6.98. The zero-order valence-electron chi connectivity index (χ0n) is 15.8. The van der Waals surface area contributed by atoms with Crippen molar-refractivity contribution in [3.63, 3.8) is 0 Å². The minimum absolute atomic E-state index is 0.0296. The molecular weight excluding hydrogens is 370 g/mol. The highest BCUT2D eigenvalue weighted by Gasteiger charge is 2.35. The lowest BCUT2D eigenvalue weighted by molar-refractivity contribution is -0.121. The summed E-state index contributed by atoms with van der Waals surface area (Å²) in [5.74, 6) is -0.331. The quantitative estimate of drug-likeness (QED) is 0.649. The first-order valence-corrected chi connectivity index (χ1v) is 9.22. The maximum Gasteiger partial charge on any atom is 0.261 e. The zero-order chi connectivity index (χ0) is 20.4. The molecule has 0 radical (unpaired) electrons. The summed E-state index contributed by atoms with van der Waals surface area (Å²) in [6.07, 6.45) is 5.12. The number of nitrogens with one attached hydrogen (secondary N) is 1. The Morgan fingerprint density at radius 2 is 1.90 bits per heavy atom. The van der Waals surface area contributed by atoms with Crippen molar-refractivity contribution in [1.29, 1.82) is 0 Å². The van der Waals surface area contributed by atoms with Crippen molar-refractivity contribution < 1.29 is 14.4 Å². The normalized spacial score (nSPS) is 12.9. The molecule has 0 unspecified atom stereocenters. The average Bonchev–Trinajstić information content (AvgIpc) is 3.33. The Balaban J connectivity index is 1.36. The van der Waals surface area contributed by atoms with Crippen molar-refractivity contribution in [3.8, 4) is 5.82 Å². The van der Waals surface area contributed by atoms with Crippen molar-refractivity contribution in [2.24, 2.45) is 0 Å². The fourth-order valence-electron chi connectivity index (χ4n) is 3.27. The highest BCUT2D eigenvalue weighted by Crippen LogP contribution is 2.23. The number of aryl methyl sites for hydroxylation is 1. The smallest absolute Gasteiger partial charge is 0.261 e. The van der Waals surface area contributed by atoms with Gasteiger partial charge in [-0.3, -0.25) is 19.3 Å². The summed E-state index contributed by atoms with van der Waals surface area (Å²) in [4.78, 5) is 42.7. The predicted octanol–water partition coefficient (Wildman–Crippen LogP) is 1.88. The number of carbonyl (C=O) groups excluding carboxylic acids is 3. The monoisotopic (exact) mass is 389 g/mol. The van der Waals surface area contributed by atoms with Gasteiger partial charge in [-0.25, -0.2) is 9.67 Å². The zero-order valence-corrected chi connectivity index (χ0v) is 15.8. The number of rotatable bonds is 6. The van der Waals surface area contributed by atoms with E-state index in [-0.39, 0.29) is 37.2 Å². The molecule has 1 aliphatic rings. The van der Waals surface area contributed by atoms with Gasteiger partial charge >= 0.3 is 0 Å². The Bertz CT molecular complexity index is 1090. The minimum atomic E-state index is -0.356. The van der Waals surface area contributed by atoms with Gasteiger partial charge in [0.15, 0.2) is 5.82 Å². The van der Waals surface area contributed by atoms with E-state index in [1.54, 1.807) is 53.6 Å². The lowest BCUT2D eigenvalue weighted by atomic mass is 10.1. The number of imide groups is 1. The fraction of sp³-hybridized carbons (Fsp3) is 0.190. The second-order valence-electron chi connectivity index (χ2n) is 6.77. The Morgan fingerprint density at radius 3 is 2.69 bits per heavy atom. The third-order valence-corrected chi connectivity index (χ3v) is 4.75. The molecule has 3 heterocycles. The topological polar surface area (TPSA) is 97.2 Å². The van der Waals surface area contributed by atoms with E-state index in [0.717, 1.165) is 16.0 Å². The SMILES string of the molecule is Cc1ccc2c(c1)C(=O)N(CCC(=O)NCc1cccnc1-n1cccn1)C2=O.